The third kappa shape index (κ3) is 5.58. The maximum atomic E-state index is 12.1. The van der Waals surface area contributed by atoms with Crippen molar-refractivity contribution in [3.8, 4) is 0 Å². The minimum Gasteiger partial charge on any atom is -0.388 e. The van der Waals surface area contributed by atoms with E-state index in [0.717, 1.165) is 10.9 Å². The van der Waals surface area contributed by atoms with Gasteiger partial charge in [0.2, 0.25) is 12.7 Å². The number of H-pyrrole nitrogens is 1. The van der Waals surface area contributed by atoms with E-state index in [1.807, 2.05) is 30.3 Å². The molecule has 1 aliphatic rings. The lowest BCUT2D eigenvalue weighted by molar-refractivity contribution is -0.0354. The predicted molar refractivity (Wildman–Crippen MR) is 134 cm³/mol. The number of halogens is 1. The minimum atomic E-state index is -4.71. The Bertz CT molecular complexity index is 1520. The Morgan fingerprint density at radius 2 is 1.89 bits per heavy atom. The molecule has 2 unspecified atom stereocenters. The van der Waals surface area contributed by atoms with Crippen molar-refractivity contribution in [2.45, 2.75) is 31.0 Å². The van der Waals surface area contributed by atoms with Crippen molar-refractivity contribution >= 4 is 60.3 Å². The lowest BCUT2D eigenvalue weighted by Gasteiger charge is -2.18. The van der Waals surface area contributed by atoms with Crippen LogP contribution in [0, 0.1) is 0 Å². The van der Waals surface area contributed by atoms with Crippen molar-refractivity contribution in [3.05, 3.63) is 41.9 Å². The lowest BCUT2D eigenvalue weighted by Crippen LogP contribution is -2.32. The maximum Gasteiger partial charge on any atom is 0.335 e. The summed E-state index contributed by atoms with van der Waals surface area (Å²) in [5.41, 5.74) is 1.41. The molecule has 1 aliphatic heterocycles. The van der Waals surface area contributed by atoms with Crippen molar-refractivity contribution in [2.75, 3.05) is 17.4 Å². The average Bonchev–Trinajstić information content (AvgIpc) is 3.47. The number of benzene rings is 1. The van der Waals surface area contributed by atoms with Gasteiger partial charge < -0.3 is 39.9 Å². The smallest absolute Gasteiger partial charge is 0.335 e. The summed E-state index contributed by atoms with van der Waals surface area (Å²) < 4.78 is 30.4. The molecule has 0 spiro atoms. The Morgan fingerprint density at radius 1 is 1.14 bits per heavy atom. The van der Waals surface area contributed by atoms with Crippen LogP contribution >= 0.6 is 26.6 Å². The molecule has 17 heteroatoms. The van der Waals surface area contributed by atoms with Gasteiger partial charge in [-0.2, -0.15) is 9.97 Å². The molecule has 0 amide bonds. The van der Waals surface area contributed by atoms with Gasteiger partial charge in [-0.1, -0.05) is 18.2 Å². The molecular weight excluding hydrogens is 550 g/mol. The third-order valence-electron chi connectivity index (χ3n) is 5.96. The number of nitrogens with zero attached hydrogens (tertiary/aromatic N) is 4. The van der Waals surface area contributed by atoms with Gasteiger partial charge in [-0.05, 0) is 30.2 Å². The Hall–Kier alpha value is -2.38. The van der Waals surface area contributed by atoms with Gasteiger partial charge in [-0.15, -0.1) is 0 Å². The quantitative estimate of drug-likeness (QED) is 0.119. The van der Waals surface area contributed by atoms with E-state index in [-0.39, 0.29) is 23.2 Å². The first-order chi connectivity index (χ1) is 17.4. The zero-order valence-corrected chi connectivity index (χ0v) is 21.5. The number of aromatic nitrogens is 5. The molecule has 0 aliphatic carbocycles. The fraction of sp³-hybridized carbons (Fsp3) is 0.350. The van der Waals surface area contributed by atoms with E-state index in [1.54, 1.807) is 0 Å². The Kier molecular flexibility index (Phi) is 6.90. The second-order valence-corrected chi connectivity index (χ2v) is 13.7. The maximum absolute atomic E-state index is 12.1. The minimum absolute atomic E-state index is 0.115. The summed E-state index contributed by atoms with van der Waals surface area (Å²) in [4.78, 5) is 43.8. The standard InChI is InChI=1S/C20H23ClN6O8P2/c21-20-25-17(24-13-7-10-3-1-2-4-11(10)23-13)14-18(26-20)27(8-22-14)19-16(29)15(28)12(35-19)5-6-36(30,31)9-37(32,33)34/h1-4,7-8,12,15-16,19,23,28-29H,5-6,9H2,(H,30,31)(H,24,25,26)(H2,32,33,34)/t12-,15?,16+,19-/m1/s1. The molecule has 14 nitrogen and oxygen atoms in total. The van der Waals surface area contributed by atoms with E-state index in [0.29, 0.717) is 11.3 Å². The highest BCUT2D eigenvalue weighted by molar-refractivity contribution is 7.72. The first kappa shape index (κ1) is 26.2. The number of hydrogen-bond acceptors (Lipinski definition) is 9. The molecule has 4 aromatic rings. The number of fused-ring (bicyclic) bond motifs is 2. The number of anilines is 2. The fourth-order valence-corrected chi connectivity index (χ4v) is 8.01. The number of aromatic amines is 1. The molecule has 1 saturated heterocycles. The molecule has 0 radical (unpaired) electrons. The number of rotatable bonds is 8. The van der Waals surface area contributed by atoms with Gasteiger partial charge in [0, 0.05) is 17.1 Å². The predicted octanol–water partition coefficient (Wildman–Crippen LogP) is 2.12. The molecule has 5 atom stereocenters. The zero-order chi connectivity index (χ0) is 26.5. The summed E-state index contributed by atoms with van der Waals surface area (Å²) in [6, 6.07) is 9.55. The number of hydrogen-bond donors (Lipinski definition) is 7. The van der Waals surface area contributed by atoms with Crippen LogP contribution in [0.2, 0.25) is 5.28 Å². The van der Waals surface area contributed by atoms with Gasteiger partial charge in [0.25, 0.3) is 0 Å². The molecule has 0 bridgehead atoms. The van der Waals surface area contributed by atoms with Crippen LogP contribution in [0.3, 0.4) is 0 Å². The average molecular weight is 573 g/mol. The van der Waals surface area contributed by atoms with E-state index >= 15 is 0 Å². The molecule has 1 fully saturated rings. The van der Waals surface area contributed by atoms with Gasteiger partial charge in [0.05, 0.1) is 12.4 Å². The highest BCUT2D eigenvalue weighted by atomic mass is 35.5. The van der Waals surface area contributed by atoms with E-state index in [1.165, 1.54) is 10.9 Å². The van der Waals surface area contributed by atoms with Gasteiger partial charge in [0.15, 0.2) is 23.2 Å². The van der Waals surface area contributed by atoms with Crippen molar-refractivity contribution < 1.29 is 38.8 Å². The second-order valence-electron chi connectivity index (χ2n) is 8.77. The second kappa shape index (κ2) is 9.73. The van der Waals surface area contributed by atoms with Crippen molar-refractivity contribution in [1.82, 2.24) is 24.5 Å². The van der Waals surface area contributed by atoms with Crippen LogP contribution in [0.1, 0.15) is 12.6 Å². The summed E-state index contributed by atoms with van der Waals surface area (Å²) in [5, 5.41) is 25.1. The monoisotopic (exact) mass is 572 g/mol. The van der Waals surface area contributed by atoms with Gasteiger partial charge in [0.1, 0.15) is 23.9 Å². The Labute approximate surface area is 213 Å². The summed E-state index contributed by atoms with van der Waals surface area (Å²) in [7, 11) is -8.91. The first-order valence-corrected chi connectivity index (χ1v) is 15.2. The SMILES string of the molecule is O=P(O)(O)CP(=O)(O)CC[C@H]1O[C@@H](n2cnc3c(Nc4cc5ccccc5[nH]4)nc(Cl)nc32)[C@@H](O)C1O. The van der Waals surface area contributed by atoms with Crippen molar-refractivity contribution in [3.63, 3.8) is 0 Å². The van der Waals surface area contributed by atoms with Crippen LogP contribution < -0.4 is 5.32 Å². The molecule has 5 rings (SSSR count). The molecule has 3 aromatic heterocycles. The topological polar surface area (TPSA) is 216 Å². The molecule has 7 N–H and O–H groups in total. The van der Waals surface area contributed by atoms with E-state index < -0.39 is 51.6 Å². The van der Waals surface area contributed by atoms with Crippen LogP contribution in [0.4, 0.5) is 11.6 Å². The number of para-hydroxylation sites is 1. The normalized spacial score (nSPS) is 24.1. The summed E-state index contributed by atoms with van der Waals surface area (Å²) in [5.74, 6) is -0.269. The van der Waals surface area contributed by atoms with Gasteiger partial charge >= 0.3 is 7.60 Å². The van der Waals surface area contributed by atoms with Crippen LogP contribution in [0.15, 0.2) is 36.7 Å². The van der Waals surface area contributed by atoms with Crippen LogP contribution in [-0.2, 0) is 13.9 Å². The first-order valence-electron chi connectivity index (χ1n) is 11.0. The summed E-state index contributed by atoms with van der Waals surface area (Å²) in [6.45, 7) is 0. The van der Waals surface area contributed by atoms with Gasteiger partial charge in [-0.25, -0.2) is 4.98 Å². The number of imidazole rings is 1. The summed E-state index contributed by atoms with van der Waals surface area (Å²) >= 11 is 6.16. The highest BCUT2D eigenvalue weighted by Crippen LogP contribution is 2.55. The molecular formula is C20H23ClN6O8P2. The van der Waals surface area contributed by atoms with Crippen LogP contribution in [-0.4, -0.2) is 79.8 Å². The van der Waals surface area contributed by atoms with Crippen LogP contribution in [0.5, 0.6) is 0 Å². The largest absolute Gasteiger partial charge is 0.388 e. The third-order valence-corrected chi connectivity index (χ3v) is 10.3. The van der Waals surface area contributed by atoms with Gasteiger partial charge in [-0.3, -0.25) is 13.7 Å². The molecule has 4 heterocycles. The molecule has 198 valence electrons. The molecule has 0 saturated carbocycles. The zero-order valence-electron chi connectivity index (χ0n) is 18.9. The number of aliphatic hydroxyl groups excluding tert-OH is 2. The molecule has 1 aromatic carbocycles. The highest BCUT2D eigenvalue weighted by Gasteiger charge is 2.45. The number of aliphatic hydroxyl groups is 2. The van der Waals surface area contributed by atoms with Crippen molar-refractivity contribution in [2.24, 2.45) is 0 Å². The summed E-state index contributed by atoms with van der Waals surface area (Å²) in [6.07, 6.45) is -4.57. The molecule has 37 heavy (non-hydrogen) atoms. The van der Waals surface area contributed by atoms with E-state index in [2.05, 4.69) is 25.3 Å². The fourth-order valence-electron chi connectivity index (χ4n) is 4.32. The lowest BCUT2D eigenvalue weighted by atomic mass is 10.1. The number of ether oxygens (including phenoxy) is 1. The van der Waals surface area contributed by atoms with Crippen LogP contribution in [0.25, 0.3) is 22.1 Å². The van der Waals surface area contributed by atoms with E-state index in [9.17, 15) is 24.2 Å². The number of nitrogens with one attached hydrogen (secondary N) is 2. The Morgan fingerprint density at radius 3 is 2.62 bits per heavy atom. The van der Waals surface area contributed by atoms with E-state index in [4.69, 9.17) is 26.1 Å². The van der Waals surface area contributed by atoms with Crippen molar-refractivity contribution in [1.29, 1.82) is 0 Å². The Balaban J connectivity index is 1.38.